The van der Waals surface area contributed by atoms with Crippen molar-refractivity contribution in [3.8, 4) is 5.75 Å². The summed E-state index contributed by atoms with van der Waals surface area (Å²) in [4.78, 5) is 0. The Labute approximate surface area is 177 Å². The number of halogens is 2. The Morgan fingerprint density at radius 3 is 1.96 bits per heavy atom. The van der Waals surface area contributed by atoms with Gasteiger partial charge in [0.05, 0.1) is 6.10 Å². The van der Waals surface area contributed by atoms with Crippen LogP contribution in [0.5, 0.6) is 5.75 Å². The van der Waals surface area contributed by atoms with Gasteiger partial charge in [-0.3, -0.25) is 0 Å². The first kappa shape index (κ1) is 30.2. The third-order valence-corrected chi connectivity index (χ3v) is 4.26. The Morgan fingerprint density at radius 2 is 1.64 bits per heavy atom. The zero-order chi connectivity index (χ0) is 17.8. The minimum atomic E-state index is -0.219. The van der Waals surface area contributed by atoms with Gasteiger partial charge in [0.1, 0.15) is 11.6 Å². The second-order valence-electron chi connectivity index (χ2n) is 4.84. The first-order valence-corrected chi connectivity index (χ1v) is 11.6. The second kappa shape index (κ2) is 17.9. The van der Waals surface area contributed by atoms with Gasteiger partial charge < -0.3 is 28.2 Å². The number of nitrogens with zero attached hydrogens (tertiary/aromatic N) is 2. The number of ether oxygens (including phenoxy) is 1. The van der Waals surface area contributed by atoms with E-state index in [9.17, 15) is 4.39 Å². The molecule has 0 bridgehead atoms. The van der Waals surface area contributed by atoms with Crippen molar-refractivity contribution in [2.24, 2.45) is 0 Å². The molecule has 3 nitrogen and oxygen atoms in total. The molecule has 1 aliphatic heterocycles. The summed E-state index contributed by atoms with van der Waals surface area (Å²) in [6.45, 7) is 10.2. The van der Waals surface area contributed by atoms with Gasteiger partial charge in [-0.2, -0.15) is 6.67 Å². The van der Waals surface area contributed by atoms with Crippen LogP contribution in [0, 0.1) is 34.3 Å². The average Bonchev–Trinajstić information content (AvgIpc) is 3.01. The van der Waals surface area contributed by atoms with E-state index in [0.717, 1.165) is 24.4 Å². The molecule has 1 aromatic carbocycles. The summed E-state index contributed by atoms with van der Waals surface area (Å²) < 4.78 is 22.5. The van der Waals surface area contributed by atoms with E-state index in [1.807, 2.05) is 38.1 Å². The molecule has 0 spiro atoms. The second-order valence-corrected chi connectivity index (χ2v) is 6.51. The molecule has 1 fully saturated rings. The number of aryl methyl sites for hydroxylation is 1. The third-order valence-electron chi connectivity index (χ3n) is 2.77. The molecule has 1 saturated heterocycles. The van der Waals surface area contributed by atoms with E-state index in [2.05, 4.69) is 37.5 Å². The fourth-order valence-electron chi connectivity index (χ4n) is 1.73. The van der Waals surface area contributed by atoms with Crippen LogP contribution < -0.4 is 4.74 Å². The first-order valence-electron chi connectivity index (χ1n) is 6.99. The molecule has 0 atom stereocenters. The predicted molar refractivity (Wildman–Crippen MR) is 110 cm³/mol. The van der Waals surface area contributed by atoms with Gasteiger partial charge in [-0.25, -0.2) is 4.39 Å². The summed E-state index contributed by atoms with van der Waals surface area (Å²) in [6, 6.07) is 4.53. The van der Waals surface area contributed by atoms with E-state index in [4.69, 9.17) is 4.74 Å². The van der Waals surface area contributed by atoms with Crippen LogP contribution in [0.2, 0.25) is 0 Å². The van der Waals surface area contributed by atoms with Crippen molar-refractivity contribution in [3.05, 3.63) is 51.1 Å². The summed E-state index contributed by atoms with van der Waals surface area (Å²) >= 11 is 5.37. The summed E-state index contributed by atoms with van der Waals surface area (Å²) in [6.07, 6.45) is 4.33. The average molecular weight is 498 g/mol. The Bertz CT molecular complexity index is 435. The monoisotopic (exact) mass is 498 g/mol. The summed E-state index contributed by atoms with van der Waals surface area (Å²) in [5.74, 6) is 0.537. The molecule has 0 N–H and O–H groups in total. The maximum atomic E-state index is 12.6. The van der Waals surface area contributed by atoms with Crippen LogP contribution in [-0.2, 0) is 17.3 Å². The van der Waals surface area contributed by atoms with Crippen LogP contribution in [0.25, 0.3) is 0 Å². The summed E-state index contributed by atoms with van der Waals surface area (Å²) in [5, 5.41) is 0. The number of hydrogen-bond acceptors (Lipinski definition) is 5. The van der Waals surface area contributed by atoms with E-state index >= 15 is 0 Å². The molecule has 1 aromatic rings. The fraction of sp³-hybridized carbons (Fsp3) is 0.471. The van der Waals surface area contributed by atoms with Crippen LogP contribution in [0.3, 0.4) is 0 Å². The van der Waals surface area contributed by atoms with Gasteiger partial charge in [-0.15, -0.1) is 23.9 Å². The normalized spacial score (nSPS) is 13.6. The van der Waals surface area contributed by atoms with Crippen LogP contribution in [0.1, 0.15) is 19.4 Å². The molecule has 0 amide bonds. The topological polar surface area (TPSA) is 15.7 Å². The standard InChI is InChI=1S/C10H13FO.C5H11N2S2.2CH3.ClH.Ru/c1-7(2)12-10-5-4-9(11)6-8(10)3;1-8-6-3-4-7(5-6)9-2;;;;/h4-7H,1-3H3;5H,3-4H2,1-2H3;2*1H3;1H;/q;3*-1;;+4/p-1. The van der Waals surface area contributed by atoms with Crippen LogP contribution in [0.4, 0.5) is 4.39 Å². The number of hydrogen-bond donors (Lipinski definition) is 0. The molecular formula is C17H30ClFN2ORuS2. The molecule has 0 aliphatic carbocycles. The van der Waals surface area contributed by atoms with Gasteiger partial charge in [0.2, 0.25) is 0 Å². The van der Waals surface area contributed by atoms with E-state index in [1.165, 1.54) is 12.1 Å². The Kier molecular flexibility index (Phi) is 21.6. The van der Waals surface area contributed by atoms with Crippen LogP contribution in [0.15, 0.2) is 18.2 Å². The maximum absolute atomic E-state index is 12.6. The zero-order valence-electron chi connectivity index (χ0n) is 16.0. The van der Waals surface area contributed by atoms with Gasteiger partial charge in [0, 0.05) is 0 Å². The van der Waals surface area contributed by atoms with E-state index in [-0.39, 0.29) is 26.8 Å². The van der Waals surface area contributed by atoms with Crippen molar-refractivity contribution in [1.82, 2.24) is 8.61 Å². The van der Waals surface area contributed by atoms with Crippen molar-refractivity contribution in [3.63, 3.8) is 0 Å². The van der Waals surface area contributed by atoms with Crippen molar-refractivity contribution in [2.45, 2.75) is 26.9 Å². The van der Waals surface area contributed by atoms with Crippen LogP contribution >= 0.6 is 33.6 Å². The van der Waals surface area contributed by atoms with Gasteiger partial charge in [-0.1, -0.05) is 0 Å². The van der Waals surface area contributed by atoms with Gasteiger partial charge in [-0.05, 0) is 70.1 Å². The summed E-state index contributed by atoms with van der Waals surface area (Å²) in [5.41, 5.74) is 0.837. The molecule has 148 valence electrons. The minimum absolute atomic E-state index is 0. The third kappa shape index (κ3) is 13.3. The SMILES string of the molecule is CSN1[CH-]N(SC)CC1.Cc1cc(F)ccc1OC(C)C.[CH3-].[CH3-].[Cl][Ru+3]. The predicted octanol–water partition coefficient (Wildman–Crippen LogP) is 5.79. The molecule has 0 unspecified atom stereocenters. The van der Waals surface area contributed by atoms with E-state index in [1.54, 1.807) is 30.0 Å². The van der Waals surface area contributed by atoms with Crippen molar-refractivity contribution in [1.29, 1.82) is 0 Å². The molecule has 0 aromatic heterocycles. The van der Waals surface area contributed by atoms with Gasteiger partial charge in [0.25, 0.3) is 0 Å². The van der Waals surface area contributed by atoms with Gasteiger partial charge >= 0.3 is 27.0 Å². The number of rotatable bonds is 4. The van der Waals surface area contributed by atoms with Crippen LogP contribution in [-0.4, -0.2) is 40.3 Å². The van der Waals surface area contributed by atoms with Crippen molar-refractivity contribution >= 4 is 33.6 Å². The Morgan fingerprint density at radius 1 is 1.16 bits per heavy atom. The number of benzene rings is 1. The molecule has 2 rings (SSSR count). The molecule has 8 heteroatoms. The van der Waals surface area contributed by atoms with Crippen molar-refractivity contribution < 1.29 is 26.4 Å². The Balaban J connectivity index is -0.000000336. The van der Waals surface area contributed by atoms with Crippen molar-refractivity contribution in [2.75, 3.05) is 25.6 Å². The zero-order valence-corrected chi connectivity index (χ0v) is 20.2. The molecular weight excluding hydrogens is 468 g/mol. The molecule has 0 saturated carbocycles. The Hall–Kier alpha value is 0.483. The molecule has 1 aliphatic rings. The van der Waals surface area contributed by atoms with E-state index in [0.29, 0.717) is 0 Å². The molecule has 1 heterocycles. The van der Waals surface area contributed by atoms with E-state index < -0.39 is 0 Å². The fourth-order valence-corrected chi connectivity index (χ4v) is 2.74. The molecule has 0 radical (unpaired) electrons. The molecule has 25 heavy (non-hydrogen) atoms. The van der Waals surface area contributed by atoms with Gasteiger partial charge in [0.15, 0.2) is 0 Å². The summed E-state index contributed by atoms with van der Waals surface area (Å²) in [7, 11) is 4.57. The quantitative estimate of drug-likeness (QED) is 0.296. The first-order chi connectivity index (χ1) is 11.0.